The SMILES string of the molecule is C/C(=N/NC(=O)c1n[nH]c2c1CCCC2)c1cccs1. The van der Waals surface area contributed by atoms with Gasteiger partial charge in [-0.3, -0.25) is 9.89 Å². The lowest BCUT2D eigenvalue weighted by Crippen LogP contribution is -2.21. The van der Waals surface area contributed by atoms with Gasteiger partial charge in [0.25, 0.3) is 5.91 Å². The lowest BCUT2D eigenvalue weighted by Gasteiger charge is -2.10. The molecular weight excluding hydrogens is 272 g/mol. The number of aromatic amines is 1. The molecule has 2 aromatic rings. The third-order valence-electron chi connectivity index (χ3n) is 3.47. The summed E-state index contributed by atoms with van der Waals surface area (Å²) < 4.78 is 0. The summed E-state index contributed by atoms with van der Waals surface area (Å²) in [7, 11) is 0. The highest BCUT2D eigenvalue weighted by atomic mass is 32.1. The summed E-state index contributed by atoms with van der Waals surface area (Å²) in [5.74, 6) is -0.236. The standard InChI is InChI=1S/C14H16N4OS/c1-9(12-7-4-8-20-12)15-18-14(19)13-10-5-2-3-6-11(10)16-17-13/h4,7-8H,2-3,5-6H2,1H3,(H,16,17)(H,18,19)/b15-9-. The number of rotatable bonds is 3. The largest absolute Gasteiger partial charge is 0.292 e. The molecular formula is C14H16N4OS. The van der Waals surface area contributed by atoms with E-state index in [1.165, 1.54) is 0 Å². The Balaban J connectivity index is 1.74. The quantitative estimate of drug-likeness (QED) is 0.673. The van der Waals surface area contributed by atoms with Gasteiger partial charge in [-0.2, -0.15) is 10.2 Å². The zero-order chi connectivity index (χ0) is 13.9. The number of fused-ring (bicyclic) bond motifs is 1. The first-order chi connectivity index (χ1) is 9.75. The van der Waals surface area contributed by atoms with Crippen LogP contribution in [0.4, 0.5) is 0 Å². The van der Waals surface area contributed by atoms with Crippen molar-refractivity contribution in [3.05, 3.63) is 39.3 Å². The monoisotopic (exact) mass is 288 g/mol. The first kappa shape index (κ1) is 13.1. The van der Waals surface area contributed by atoms with Gasteiger partial charge in [-0.15, -0.1) is 11.3 Å². The topological polar surface area (TPSA) is 70.1 Å². The highest BCUT2D eigenvalue weighted by Gasteiger charge is 2.21. The summed E-state index contributed by atoms with van der Waals surface area (Å²) >= 11 is 1.60. The molecule has 2 N–H and O–H groups in total. The number of carbonyl (C=O) groups is 1. The zero-order valence-electron chi connectivity index (χ0n) is 11.3. The molecule has 2 heterocycles. The second-order valence-electron chi connectivity index (χ2n) is 4.85. The molecule has 0 saturated carbocycles. The number of H-pyrrole nitrogens is 1. The van der Waals surface area contributed by atoms with Gasteiger partial charge < -0.3 is 0 Å². The predicted octanol–water partition coefficient (Wildman–Crippen LogP) is 2.50. The number of aryl methyl sites for hydroxylation is 1. The lowest BCUT2D eigenvalue weighted by atomic mass is 9.96. The minimum atomic E-state index is -0.236. The first-order valence-electron chi connectivity index (χ1n) is 6.70. The van der Waals surface area contributed by atoms with Gasteiger partial charge in [0.05, 0.1) is 5.71 Å². The van der Waals surface area contributed by atoms with Gasteiger partial charge in [0.1, 0.15) is 0 Å². The summed E-state index contributed by atoms with van der Waals surface area (Å²) in [5, 5.41) is 13.2. The Morgan fingerprint density at radius 2 is 2.30 bits per heavy atom. The van der Waals surface area contributed by atoms with Crippen molar-refractivity contribution in [1.29, 1.82) is 0 Å². The van der Waals surface area contributed by atoms with Crippen molar-refractivity contribution in [1.82, 2.24) is 15.6 Å². The molecule has 0 aliphatic heterocycles. The normalized spacial score (nSPS) is 14.9. The van der Waals surface area contributed by atoms with Crippen LogP contribution in [0.1, 0.15) is 46.4 Å². The Labute approximate surface area is 121 Å². The highest BCUT2D eigenvalue weighted by molar-refractivity contribution is 7.12. The van der Waals surface area contributed by atoms with Crippen LogP contribution in [-0.4, -0.2) is 21.8 Å². The molecule has 0 aromatic carbocycles. The molecule has 1 aliphatic carbocycles. The molecule has 2 aromatic heterocycles. The van der Waals surface area contributed by atoms with Crippen LogP contribution in [0.3, 0.4) is 0 Å². The number of carbonyl (C=O) groups excluding carboxylic acids is 1. The predicted molar refractivity (Wildman–Crippen MR) is 79.2 cm³/mol. The first-order valence-corrected chi connectivity index (χ1v) is 7.58. The van der Waals surface area contributed by atoms with Crippen LogP contribution in [0.2, 0.25) is 0 Å². The van der Waals surface area contributed by atoms with Crippen LogP contribution in [0.15, 0.2) is 22.6 Å². The van der Waals surface area contributed by atoms with Crippen LogP contribution in [0.5, 0.6) is 0 Å². The Hall–Kier alpha value is -1.95. The molecule has 6 heteroatoms. The fourth-order valence-electron chi connectivity index (χ4n) is 2.40. The molecule has 1 amide bonds. The van der Waals surface area contributed by atoms with Gasteiger partial charge in [-0.25, -0.2) is 5.43 Å². The lowest BCUT2D eigenvalue weighted by molar-refractivity contribution is 0.0949. The van der Waals surface area contributed by atoms with Crippen molar-refractivity contribution < 1.29 is 4.79 Å². The number of nitrogens with one attached hydrogen (secondary N) is 2. The highest BCUT2D eigenvalue weighted by Crippen LogP contribution is 2.22. The minimum Gasteiger partial charge on any atom is -0.281 e. The molecule has 1 aliphatic rings. The number of aromatic nitrogens is 2. The minimum absolute atomic E-state index is 0.236. The van der Waals surface area contributed by atoms with Crippen LogP contribution in [0.25, 0.3) is 0 Å². The van der Waals surface area contributed by atoms with Crippen molar-refractivity contribution >= 4 is 23.0 Å². The average Bonchev–Trinajstić information content (AvgIpc) is 3.13. The summed E-state index contributed by atoms with van der Waals surface area (Å²) in [5.41, 5.74) is 6.04. The van der Waals surface area contributed by atoms with E-state index in [1.54, 1.807) is 11.3 Å². The second kappa shape index (κ2) is 5.58. The Bertz CT molecular complexity index is 642. The number of thiophene rings is 1. The van der Waals surface area contributed by atoms with Gasteiger partial charge in [0.15, 0.2) is 5.69 Å². The van der Waals surface area contributed by atoms with Gasteiger partial charge in [-0.05, 0) is 44.1 Å². The van der Waals surface area contributed by atoms with Gasteiger partial charge >= 0.3 is 0 Å². The van der Waals surface area contributed by atoms with E-state index in [4.69, 9.17) is 0 Å². The summed E-state index contributed by atoms with van der Waals surface area (Å²) in [6.07, 6.45) is 4.17. The van der Waals surface area contributed by atoms with E-state index in [2.05, 4.69) is 20.7 Å². The molecule has 0 atom stereocenters. The molecule has 0 spiro atoms. The van der Waals surface area contributed by atoms with Crippen LogP contribution >= 0.6 is 11.3 Å². The molecule has 20 heavy (non-hydrogen) atoms. The molecule has 5 nitrogen and oxygen atoms in total. The van der Waals surface area contributed by atoms with E-state index >= 15 is 0 Å². The molecule has 0 radical (unpaired) electrons. The van der Waals surface area contributed by atoms with Crippen molar-refractivity contribution in [3.8, 4) is 0 Å². The van der Waals surface area contributed by atoms with Crippen molar-refractivity contribution in [2.45, 2.75) is 32.6 Å². The molecule has 0 saturated heterocycles. The summed E-state index contributed by atoms with van der Waals surface area (Å²) in [6.45, 7) is 1.88. The second-order valence-corrected chi connectivity index (χ2v) is 5.80. The number of hydrogen-bond donors (Lipinski definition) is 2. The molecule has 0 fully saturated rings. The fourth-order valence-corrected chi connectivity index (χ4v) is 3.07. The average molecular weight is 288 g/mol. The van der Waals surface area contributed by atoms with Crippen molar-refractivity contribution in [2.24, 2.45) is 5.10 Å². The number of hydrazone groups is 1. The van der Waals surface area contributed by atoms with E-state index in [0.29, 0.717) is 5.69 Å². The smallest absolute Gasteiger partial charge is 0.281 e. The summed E-state index contributed by atoms with van der Waals surface area (Å²) in [6, 6.07) is 3.94. The number of nitrogens with zero attached hydrogens (tertiary/aromatic N) is 2. The van der Waals surface area contributed by atoms with Crippen LogP contribution in [0, 0.1) is 0 Å². The van der Waals surface area contributed by atoms with Crippen molar-refractivity contribution in [2.75, 3.05) is 0 Å². The van der Waals surface area contributed by atoms with E-state index in [9.17, 15) is 4.79 Å². The Kier molecular flexibility index (Phi) is 3.64. The van der Waals surface area contributed by atoms with E-state index in [1.807, 2.05) is 24.4 Å². The fraction of sp³-hybridized carbons (Fsp3) is 0.357. The Morgan fingerprint density at radius 1 is 1.45 bits per heavy atom. The van der Waals surface area contributed by atoms with E-state index in [-0.39, 0.29) is 5.91 Å². The molecule has 104 valence electrons. The summed E-state index contributed by atoms with van der Waals surface area (Å²) in [4.78, 5) is 13.2. The molecule has 0 bridgehead atoms. The third kappa shape index (κ3) is 2.51. The number of amides is 1. The third-order valence-corrected chi connectivity index (χ3v) is 4.45. The van der Waals surface area contributed by atoms with Gasteiger partial charge in [0, 0.05) is 16.1 Å². The Morgan fingerprint density at radius 3 is 3.10 bits per heavy atom. The van der Waals surface area contributed by atoms with Gasteiger partial charge in [-0.1, -0.05) is 6.07 Å². The maximum Gasteiger partial charge on any atom is 0.292 e. The van der Waals surface area contributed by atoms with E-state index < -0.39 is 0 Å². The van der Waals surface area contributed by atoms with Gasteiger partial charge in [0.2, 0.25) is 0 Å². The maximum atomic E-state index is 12.2. The van der Waals surface area contributed by atoms with Crippen molar-refractivity contribution in [3.63, 3.8) is 0 Å². The van der Waals surface area contributed by atoms with E-state index in [0.717, 1.165) is 47.5 Å². The molecule has 0 unspecified atom stereocenters. The molecule has 3 rings (SSSR count). The zero-order valence-corrected chi connectivity index (χ0v) is 12.1. The van der Waals surface area contributed by atoms with Crippen LogP contribution in [-0.2, 0) is 12.8 Å². The number of hydrogen-bond acceptors (Lipinski definition) is 4. The maximum absolute atomic E-state index is 12.2. The van der Waals surface area contributed by atoms with Crippen LogP contribution < -0.4 is 5.43 Å².